The zero-order valence-corrected chi connectivity index (χ0v) is 17.9. The lowest BCUT2D eigenvalue weighted by molar-refractivity contribution is 0.168. The van der Waals surface area contributed by atoms with Crippen LogP contribution in [-0.4, -0.2) is 53.1 Å². The van der Waals surface area contributed by atoms with Crippen LogP contribution in [0, 0.1) is 6.92 Å². The molecule has 1 saturated heterocycles. The molecule has 0 bridgehead atoms. The predicted molar refractivity (Wildman–Crippen MR) is 114 cm³/mol. The van der Waals surface area contributed by atoms with Gasteiger partial charge in [-0.15, -0.1) is 0 Å². The summed E-state index contributed by atoms with van der Waals surface area (Å²) in [7, 11) is 3.68. The number of benzene rings is 1. The van der Waals surface area contributed by atoms with Crippen LogP contribution >= 0.6 is 0 Å². The molecule has 7 nitrogen and oxygen atoms in total. The van der Waals surface area contributed by atoms with Gasteiger partial charge in [0.05, 0.1) is 12.8 Å². The molecule has 0 aliphatic carbocycles. The molecule has 0 amide bonds. The number of piperidine rings is 1. The molecule has 5 rings (SSSR count). The number of likely N-dealkylation sites (tertiary alicyclic amines) is 1. The second-order valence-electron chi connectivity index (χ2n) is 8.20. The Morgan fingerprint density at radius 1 is 1.17 bits per heavy atom. The minimum absolute atomic E-state index is 0.418. The van der Waals surface area contributed by atoms with E-state index in [1.807, 2.05) is 24.7 Å². The fourth-order valence-electron chi connectivity index (χ4n) is 4.65. The molecular formula is C23H28N4O3. The molecule has 1 fully saturated rings. The van der Waals surface area contributed by atoms with Gasteiger partial charge in [0.1, 0.15) is 19.0 Å². The molecule has 2 aliphatic heterocycles. The Labute approximate surface area is 176 Å². The highest BCUT2D eigenvalue weighted by molar-refractivity contribution is 5.78. The molecule has 1 aromatic carbocycles. The van der Waals surface area contributed by atoms with E-state index in [0.29, 0.717) is 19.1 Å². The average molecular weight is 409 g/mol. The summed E-state index contributed by atoms with van der Waals surface area (Å²) in [4.78, 5) is 7.45. The number of aryl methyl sites for hydroxylation is 2. The van der Waals surface area contributed by atoms with Crippen LogP contribution < -0.4 is 14.2 Å². The fourth-order valence-corrected chi connectivity index (χ4v) is 4.65. The van der Waals surface area contributed by atoms with Gasteiger partial charge in [-0.05, 0) is 44.5 Å². The van der Waals surface area contributed by atoms with Gasteiger partial charge in [0.2, 0.25) is 0 Å². The normalized spacial score (nSPS) is 19.2. The minimum Gasteiger partial charge on any atom is -0.496 e. The van der Waals surface area contributed by atoms with Gasteiger partial charge in [-0.1, -0.05) is 0 Å². The molecule has 2 aromatic heterocycles. The number of rotatable bonds is 4. The second-order valence-corrected chi connectivity index (χ2v) is 8.20. The summed E-state index contributed by atoms with van der Waals surface area (Å²) in [6, 6.07) is 8.36. The zero-order chi connectivity index (χ0) is 20.7. The first kappa shape index (κ1) is 19.2. The third kappa shape index (κ3) is 3.47. The van der Waals surface area contributed by atoms with Crippen molar-refractivity contribution in [3.63, 3.8) is 0 Å². The second kappa shape index (κ2) is 7.80. The summed E-state index contributed by atoms with van der Waals surface area (Å²) in [5.74, 6) is 2.85. The van der Waals surface area contributed by atoms with Crippen LogP contribution in [-0.2, 0) is 13.6 Å². The van der Waals surface area contributed by atoms with E-state index in [1.54, 1.807) is 7.11 Å². The van der Waals surface area contributed by atoms with E-state index in [9.17, 15) is 0 Å². The Morgan fingerprint density at radius 2 is 1.97 bits per heavy atom. The Hall–Kier alpha value is -2.80. The largest absolute Gasteiger partial charge is 0.496 e. The molecule has 2 aliphatic rings. The van der Waals surface area contributed by atoms with E-state index < -0.39 is 0 Å². The molecule has 30 heavy (non-hydrogen) atoms. The van der Waals surface area contributed by atoms with E-state index in [-0.39, 0.29) is 0 Å². The minimum atomic E-state index is 0.418. The monoisotopic (exact) mass is 408 g/mol. The van der Waals surface area contributed by atoms with Crippen molar-refractivity contribution in [3.8, 4) is 17.2 Å². The van der Waals surface area contributed by atoms with Gasteiger partial charge in [-0.3, -0.25) is 9.58 Å². The number of hydrogen-bond acceptors (Lipinski definition) is 6. The fraction of sp³-hybridized carbons (Fsp3) is 0.478. The summed E-state index contributed by atoms with van der Waals surface area (Å²) in [5.41, 5.74) is 4.29. The lowest BCUT2D eigenvalue weighted by Gasteiger charge is -2.33. The number of methoxy groups -OCH3 is 1. The van der Waals surface area contributed by atoms with Gasteiger partial charge in [-0.2, -0.15) is 5.10 Å². The molecular weight excluding hydrogens is 380 g/mol. The van der Waals surface area contributed by atoms with Crippen LogP contribution in [0.4, 0.5) is 0 Å². The molecule has 7 heteroatoms. The van der Waals surface area contributed by atoms with Crippen LogP contribution in [0.25, 0.3) is 11.0 Å². The van der Waals surface area contributed by atoms with Crippen LogP contribution in [0.1, 0.15) is 35.7 Å². The highest BCUT2D eigenvalue weighted by Crippen LogP contribution is 2.38. The van der Waals surface area contributed by atoms with E-state index in [1.165, 1.54) is 0 Å². The van der Waals surface area contributed by atoms with Gasteiger partial charge in [0.25, 0.3) is 0 Å². The molecule has 0 spiro atoms. The van der Waals surface area contributed by atoms with Crippen molar-refractivity contribution in [1.29, 1.82) is 0 Å². The lowest BCUT2D eigenvalue weighted by Crippen LogP contribution is -2.34. The van der Waals surface area contributed by atoms with Crippen molar-refractivity contribution in [2.45, 2.75) is 32.2 Å². The molecule has 1 atom stereocenters. The van der Waals surface area contributed by atoms with Gasteiger partial charge in [-0.25, -0.2) is 4.98 Å². The summed E-state index contributed by atoms with van der Waals surface area (Å²) in [6.07, 6.45) is 2.31. The molecule has 4 heterocycles. The van der Waals surface area contributed by atoms with Crippen molar-refractivity contribution in [1.82, 2.24) is 19.7 Å². The third-order valence-corrected chi connectivity index (χ3v) is 6.16. The maximum Gasteiger partial charge on any atom is 0.165 e. The molecule has 0 saturated carbocycles. The van der Waals surface area contributed by atoms with Crippen molar-refractivity contribution < 1.29 is 14.2 Å². The van der Waals surface area contributed by atoms with E-state index in [2.05, 4.69) is 28.2 Å². The highest BCUT2D eigenvalue weighted by atomic mass is 16.6. The smallest absolute Gasteiger partial charge is 0.165 e. The van der Waals surface area contributed by atoms with E-state index >= 15 is 0 Å². The average Bonchev–Trinajstić information content (AvgIpc) is 3.06. The van der Waals surface area contributed by atoms with Gasteiger partial charge in [0.15, 0.2) is 17.1 Å². The Balaban J connectivity index is 1.37. The SMILES string of the molecule is COc1cc2c(cc1CN1CCC[C@H](c3ccc4c(C)nn(C)c4n3)C1)OCCO2. The van der Waals surface area contributed by atoms with Crippen LogP contribution in [0.5, 0.6) is 17.2 Å². The maximum atomic E-state index is 5.78. The number of hydrogen-bond donors (Lipinski definition) is 0. The van der Waals surface area contributed by atoms with Crippen molar-refractivity contribution >= 4 is 11.0 Å². The molecule has 0 N–H and O–H groups in total. The van der Waals surface area contributed by atoms with Crippen LogP contribution in [0.3, 0.4) is 0 Å². The summed E-state index contributed by atoms with van der Waals surface area (Å²) < 4.78 is 19.0. The predicted octanol–water partition coefficient (Wildman–Crippen LogP) is 3.44. The molecule has 3 aromatic rings. The lowest BCUT2D eigenvalue weighted by atomic mass is 9.93. The summed E-state index contributed by atoms with van der Waals surface area (Å²) >= 11 is 0. The standard InChI is InChI=1S/C23H28N4O3/c1-15-18-6-7-19(24-23(18)26(2)25-15)16-5-4-8-27(13-16)14-17-11-21-22(12-20(17)28-3)30-10-9-29-21/h6-7,11-12,16H,4-5,8-10,13-14H2,1-3H3/t16-/m0/s1. The Bertz CT molecular complexity index is 1080. The maximum absolute atomic E-state index is 5.78. The number of aromatic nitrogens is 3. The van der Waals surface area contributed by atoms with Gasteiger partial charge >= 0.3 is 0 Å². The van der Waals surface area contributed by atoms with Crippen molar-refractivity contribution in [2.75, 3.05) is 33.4 Å². The Morgan fingerprint density at radius 3 is 2.77 bits per heavy atom. The highest BCUT2D eigenvalue weighted by Gasteiger charge is 2.25. The third-order valence-electron chi connectivity index (χ3n) is 6.16. The molecule has 0 unspecified atom stereocenters. The first-order valence-corrected chi connectivity index (χ1v) is 10.6. The zero-order valence-electron chi connectivity index (χ0n) is 17.9. The van der Waals surface area contributed by atoms with Crippen LogP contribution in [0.2, 0.25) is 0 Å². The van der Waals surface area contributed by atoms with Crippen LogP contribution in [0.15, 0.2) is 24.3 Å². The molecule has 0 radical (unpaired) electrons. The first-order valence-electron chi connectivity index (χ1n) is 10.6. The van der Waals surface area contributed by atoms with Gasteiger partial charge in [0, 0.05) is 48.8 Å². The van der Waals surface area contributed by atoms with Gasteiger partial charge < -0.3 is 14.2 Å². The Kier molecular flexibility index (Phi) is 4.98. The summed E-state index contributed by atoms with van der Waals surface area (Å²) in [6.45, 7) is 6.08. The van der Waals surface area contributed by atoms with Crippen molar-refractivity contribution in [2.24, 2.45) is 7.05 Å². The number of pyridine rings is 1. The summed E-state index contributed by atoms with van der Waals surface area (Å²) in [5, 5.41) is 5.64. The number of ether oxygens (including phenoxy) is 3. The molecule has 158 valence electrons. The van der Waals surface area contributed by atoms with E-state index in [4.69, 9.17) is 19.2 Å². The quantitative estimate of drug-likeness (QED) is 0.659. The van der Waals surface area contributed by atoms with Crippen molar-refractivity contribution in [3.05, 3.63) is 41.2 Å². The number of nitrogens with zero attached hydrogens (tertiary/aromatic N) is 4. The number of fused-ring (bicyclic) bond motifs is 2. The van der Waals surface area contributed by atoms with E-state index in [0.717, 1.165) is 77.7 Å². The first-order chi connectivity index (χ1) is 14.6. The topological polar surface area (TPSA) is 61.6 Å².